The molecule has 0 heterocycles. The summed E-state index contributed by atoms with van der Waals surface area (Å²) in [7, 11) is -2.38. The molecule has 1 amide bonds. The van der Waals surface area contributed by atoms with Gasteiger partial charge in [0.05, 0.1) is 17.7 Å². The number of methoxy groups -OCH3 is 1. The van der Waals surface area contributed by atoms with E-state index in [4.69, 9.17) is 27.9 Å². The highest BCUT2D eigenvalue weighted by molar-refractivity contribution is 7.92. The van der Waals surface area contributed by atoms with E-state index in [0.717, 1.165) is 5.56 Å². The van der Waals surface area contributed by atoms with Crippen LogP contribution < -0.4 is 10.0 Å². The Labute approximate surface area is 191 Å². The molecule has 31 heavy (non-hydrogen) atoms. The maximum Gasteiger partial charge on any atom is 0.263 e. The van der Waals surface area contributed by atoms with Crippen LogP contribution in [0.1, 0.15) is 22.0 Å². The zero-order valence-electron chi connectivity index (χ0n) is 16.5. The van der Waals surface area contributed by atoms with Crippen molar-refractivity contribution >= 4 is 44.8 Å². The number of sulfonamides is 1. The smallest absolute Gasteiger partial charge is 0.263 e. The number of hydrogen-bond acceptors (Lipinski definition) is 4. The number of carbonyl (C=O) groups is 1. The molecule has 1 atom stereocenters. The molecule has 0 bridgehead atoms. The average molecular weight is 479 g/mol. The first-order valence-electron chi connectivity index (χ1n) is 9.23. The largest absolute Gasteiger partial charge is 0.382 e. The van der Waals surface area contributed by atoms with Crippen LogP contribution in [0.15, 0.2) is 77.7 Å². The van der Waals surface area contributed by atoms with Crippen LogP contribution in [0.25, 0.3) is 0 Å². The summed E-state index contributed by atoms with van der Waals surface area (Å²) < 4.78 is 32.9. The number of amides is 1. The molecular formula is C22H20Cl2N2O4S. The second kappa shape index (κ2) is 10.2. The van der Waals surface area contributed by atoms with Gasteiger partial charge in [-0.15, -0.1) is 0 Å². The third-order valence-electron chi connectivity index (χ3n) is 4.42. The Balaban J connectivity index is 1.73. The average Bonchev–Trinajstić information content (AvgIpc) is 2.76. The summed E-state index contributed by atoms with van der Waals surface area (Å²) in [6.07, 6.45) is 0. The molecule has 2 N–H and O–H groups in total. The highest BCUT2D eigenvalue weighted by Crippen LogP contribution is 2.27. The maximum atomic E-state index is 12.7. The Morgan fingerprint density at radius 2 is 1.68 bits per heavy atom. The van der Waals surface area contributed by atoms with Gasteiger partial charge in [0, 0.05) is 23.4 Å². The van der Waals surface area contributed by atoms with Crippen LogP contribution >= 0.6 is 23.2 Å². The van der Waals surface area contributed by atoms with Gasteiger partial charge in [0.25, 0.3) is 15.9 Å². The number of halogens is 2. The number of benzene rings is 3. The van der Waals surface area contributed by atoms with Gasteiger partial charge in [0.2, 0.25) is 0 Å². The summed E-state index contributed by atoms with van der Waals surface area (Å²) in [5.41, 5.74) is 1.57. The van der Waals surface area contributed by atoms with Crippen LogP contribution in [-0.4, -0.2) is 28.0 Å². The van der Waals surface area contributed by atoms with Crippen LogP contribution in [-0.2, 0) is 14.8 Å². The fourth-order valence-corrected chi connectivity index (χ4v) is 4.72. The molecule has 3 aromatic carbocycles. The highest BCUT2D eigenvalue weighted by atomic mass is 35.5. The van der Waals surface area contributed by atoms with Crippen LogP contribution in [0.2, 0.25) is 10.0 Å². The number of carbonyl (C=O) groups excluding carboxylic acids is 1. The molecule has 3 aromatic rings. The molecule has 162 valence electrons. The minimum atomic E-state index is -3.95. The Hall–Kier alpha value is -2.58. The molecule has 0 aliphatic heterocycles. The van der Waals surface area contributed by atoms with E-state index in [1.165, 1.54) is 42.5 Å². The first kappa shape index (κ1) is 23.1. The van der Waals surface area contributed by atoms with Gasteiger partial charge in [-0.1, -0.05) is 53.5 Å². The Bertz CT molecular complexity index is 1150. The van der Waals surface area contributed by atoms with Crippen LogP contribution in [0.5, 0.6) is 0 Å². The van der Waals surface area contributed by atoms with E-state index >= 15 is 0 Å². The number of rotatable bonds is 8. The SMILES string of the molecule is COCC(NC(=O)c1ccc(NS(=O)(=O)c2cc(Cl)ccc2Cl)cc1)c1ccccc1. The summed E-state index contributed by atoms with van der Waals surface area (Å²) in [4.78, 5) is 12.5. The van der Waals surface area contributed by atoms with Crippen LogP contribution in [0, 0.1) is 0 Å². The number of ether oxygens (including phenoxy) is 1. The van der Waals surface area contributed by atoms with Crippen molar-refractivity contribution in [2.45, 2.75) is 10.9 Å². The van der Waals surface area contributed by atoms with Gasteiger partial charge in [0.15, 0.2) is 0 Å². The van der Waals surface area contributed by atoms with Crippen molar-refractivity contribution in [2.75, 3.05) is 18.4 Å². The lowest BCUT2D eigenvalue weighted by atomic mass is 10.1. The zero-order valence-corrected chi connectivity index (χ0v) is 18.8. The Kier molecular flexibility index (Phi) is 7.56. The molecule has 0 spiro atoms. The molecule has 0 radical (unpaired) electrons. The van der Waals surface area contributed by atoms with Gasteiger partial charge in [-0.05, 0) is 48.0 Å². The minimum Gasteiger partial charge on any atom is -0.382 e. The molecule has 1 unspecified atom stereocenters. The molecule has 0 saturated carbocycles. The fraction of sp³-hybridized carbons (Fsp3) is 0.136. The maximum absolute atomic E-state index is 12.7. The van der Waals surface area contributed by atoms with Crippen molar-refractivity contribution in [3.05, 3.63) is 94.0 Å². The molecular weight excluding hydrogens is 459 g/mol. The van der Waals surface area contributed by atoms with E-state index in [2.05, 4.69) is 10.0 Å². The third-order valence-corrected chi connectivity index (χ3v) is 6.52. The van der Waals surface area contributed by atoms with Crippen LogP contribution in [0.4, 0.5) is 5.69 Å². The monoisotopic (exact) mass is 478 g/mol. The van der Waals surface area contributed by atoms with Gasteiger partial charge in [-0.3, -0.25) is 9.52 Å². The van der Waals surface area contributed by atoms with E-state index < -0.39 is 10.0 Å². The summed E-state index contributed by atoms with van der Waals surface area (Å²) >= 11 is 11.9. The molecule has 6 nitrogen and oxygen atoms in total. The van der Waals surface area contributed by atoms with Crippen molar-refractivity contribution in [1.29, 1.82) is 0 Å². The summed E-state index contributed by atoms with van der Waals surface area (Å²) in [5, 5.41) is 3.23. The number of hydrogen-bond donors (Lipinski definition) is 2. The number of anilines is 1. The van der Waals surface area contributed by atoms with Crippen LogP contribution in [0.3, 0.4) is 0 Å². The highest BCUT2D eigenvalue weighted by Gasteiger charge is 2.19. The molecule has 9 heteroatoms. The normalized spacial score (nSPS) is 12.2. The topological polar surface area (TPSA) is 84.5 Å². The van der Waals surface area contributed by atoms with Gasteiger partial charge in [-0.2, -0.15) is 0 Å². The molecule has 0 aliphatic rings. The lowest BCUT2D eigenvalue weighted by Crippen LogP contribution is -2.31. The minimum absolute atomic E-state index is 0.0537. The zero-order chi connectivity index (χ0) is 22.4. The van der Waals surface area contributed by atoms with Crippen molar-refractivity contribution in [1.82, 2.24) is 5.32 Å². The first-order chi connectivity index (χ1) is 14.8. The van der Waals surface area contributed by atoms with Gasteiger partial charge >= 0.3 is 0 Å². The molecule has 0 aliphatic carbocycles. The van der Waals surface area contributed by atoms with Crippen molar-refractivity contribution in [2.24, 2.45) is 0 Å². The standard InChI is InChI=1S/C22H20Cl2N2O4S/c1-30-14-20(15-5-3-2-4-6-15)25-22(27)16-7-10-18(11-8-16)26-31(28,29)21-13-17(23)9-12-19(21)24/h2-13,20,26H,14H2,1H3,(H,25,27). The van der Waals surface area contributed by atoms with Crippen molar-refractivity contribution < 1.29 is 17.9 Å². The van der Waals surface area contributed by atoms with E-state index in [-0.39, 0.29) is 32.6 Å². The Morgan fingerprint density at radius 3 is 2.32 bits per heavy atom. The summed E-state index contributed by atoms with van der Waals surface area (Å²) in [6, 6.07) is 19.4. The lowest BCUT2D eigenvalue weighted by Gasteiger charge is -2.18. The first-order valence-corrected chi connectivity index (χ1v) is 11.5. The second-order valence-electron chi connectivity index (χ2n) is 6.65. The third kappa shape index (κ3) is 5.98. The number of nitrogens with one attached hydrogen (secondary N) is 2. The van der Waals surface area contributed by atoms with Gasteiger partial charge < -0.3 is 10.1 Å². The lowest BCUT2D eigenvalue weighted by molar-refractivity contribution is 0.0896. The summed E-state index contributed by atoms with van der Waals surface area (Å²) in [6.45, 7) is 0.314. The molecule has 0 aromatic heterocycles. The predicted octanol–water partition coefficient (Wildman–Crippen LogP) is 4.91. The molecule has 0 fully saturated rings. The van der Waals surface area contributed by atoms with Crippen molar-refractivity contribution in [3.63, 3.8) is 0 Å². The van der Waals surface area contributed by atoms with E-state index in [1.807, 2.05) is 30.3 Å². The van der Waals surface area contributed by atoms with Crippen molar-refractivity contribution in [3.8, 4) is 0 Å². The molecule has 3 rings (SSSR count). The second-order valence-corrected chi connectivity index (χ2v) is 9.14. The molecule has 0 saturated heterocycles. The van der Waals surface area contributed by atoms with Gasteiger partial charge in [-0.25, -0.2) is 8.42 Å². The Morgan fingerprint density at radius 1 is 1.00 bits per heavy atom. The summed E-state index contributed by atoms with van der Waals surface area (Å²) in [5.74, 6) is -0.307. The van der Waals surface area contributed by atoms with E-state index in [9.17, 15) is 13.2 Å². The van der Waals surface area contributed by atoms with E-state index in [1.54, 1.807) is 7.11 Å². The van der Waals surface area contributed by atoms with Gasteiger partial charge in [0.1, 0.15) is 4.90 Å². The quantitative estimate of drug-likeness (QED) is 0.481. The fourth-order valence-electron chi connectivity index (χ4n) is 2.90. The van der Waals surface area contributed by atoms with E-state index in [0.29, 0.717) is 12.2 Å². The predicted molar refractivity (Wildman–Crippen MR) is 122 cm³/mol.